The van der Waals surface area contributed by atoms with Crippen molar-refractivity contribution in [2.45, 2.75) is 38.5 Å². The quantitative estimate of drug-likeness (QED) is 0.842. The Hall–Kier alpha value is -1.75. The largest absolute Gasteiger partial charge is 0.392 e. The fourth-order valence-electron chi connectivity index (χ4n) is 3.57. The van der Waals surface area contributed by atoms with Crippen molar-refractivity contribution < 1.29 is 5.11 Å². The summed E-state index contributed by atoms with van der Waals surface area (Å²) in [6.45, 7) is 4.55. The average molecular weight is 339 g/mol. The van der Waals surface area contributed by atoms with Crippen LogP contribution in [0.25, 0.3) is 0 Å². The molecule has 0 unspecified atom stereocenters. The molecule has 1 fully saturated rings. The zero-order chi connectivity index (χ0) is 17.5. The van der Waals surface area contributed by atoms with Gasteiger partial charge in [0.2, 0.25) is 0 Å². The van der Waals surface area contributed by atoms with Crippen LogP contribution in [0.1, 0.15) is 29.7 Å². The third kappa shape index (κ3) is 5.36. The van der Waals surface area contributed by atoms with E-state index in [0.717, 1.165) is 25.1 Å². The van der Waals surface area contributed by atoms with Gasteiger partial charge in [0.1, 0.15) is 0 Å². The molecule has 0 radical (unpaired) electrons. The van der Waals surface area contributed by atoms with E-state index < -0.39 is 0 Å². The number of likely N-dealkylation sites (tertiary alicyclic amines) is 1. The number of piperidine rings is 1. The van der Waals surface area contributed by atoms with Gasteiger partial charge in [0.25, 0.3) is 0 Å². The summed E-state index contributed by atoms with van der Waals surface area (Å²) in [6, 6.07) is 15.1. The molecule has 4 nitrogen and oxygen atoms in total. The molecule has 4 heteroatoms. The number of aromatic nitrogens is 1. The summed E-state index contributed by atoms with van der Waals surface area (Å²) in [5.41, 5.74) is 3.48. The van der Waals surface area contributed by atoms with Crippen LogP contribution in [0.4, 0.5) is 0 Å². The molecular formula is C21H29N3O. The molecule has 25 heavy (non-hydrogen) atoms. The number of nitrogens with zero attached hydrogens (tertiary/aromatic N) is 3. The fourth-order valence-corrected chi connectivity index (χ4v) is 3.57. The first-order valence-electron chi connectivity index (χ1n) is 9.26. The summed E-state index contributed by atoms with van der Waals surface area (Å²) in [5, 5.41) is 9.14. The third-order valence-corrected chi connectivity index (χ3v) is 5.23. The number of aliphatic hydroxyl groups is 1. The minimum Gasteiger partial charge on any atom is -0.392 e. The zero-order valence-electron chi connectivity index (χ0n) is 15.1. The highest BCUT2D eigenvalue weighted by molar-refractivity contribution is 5.21. The van der Waals surface area contributed by atoms with Crippen LogP contribution in [-0.4, -0.2) is 52.6 Å². The van der Waals surface area contributed by atoms with E-state index in [2.05, 4.69) is 46.1 Å². The summed E-state index contributed by atoms with van der Waals surface area (Å²) in [7, 11) is 2.23. The van der Waals surface area contributed by atoms with E-state index >= 15 is 0 Å². The fraction of sp³-hybridized carbons (Fsp3) is 0.476. The summed E-state index contributed by atoms with van der Waals surface area (Å²) in [4.78, 5) is 9.46. The smallest absolute Gasteiger partial charge is 0.0681 e. The molecule has 1 saturated heterocycles. The standard InChI is InChI=1S/C21H29N3O/c1-23(16-18-5-7-19(17-25)8-6-18)21-10-14-24(15-11-21)13-9-20-4-2-3-12-22-20/h2-8,12,21,25H,9-11,13-17H2,1H3. The SMILES string of the molecule is CN(Cc1ccc(CO)cc1)C1CCN(CCc2ccccn2)CC1. The van der Waals surface area contributed by atoms with Crippen LogP contribution in [0, 0.1) is 0 Å². The monoisotopic (exact) mass is 339 g/mol. The maximum atomic E-state index is 9.14. The Morgan fingerprint density at radius 1 is 1.08 bits per heavy atom. The van der Waals surface area contributed by atoms with Crippen LogP contribution in [0.3, 0.4) is 0 Å². The van der Waals surface area contributed by atoms with Gasteiger partial charge in [-0.25, -0.2) is 0 Å². The maximum Gasteiger partial charge on any atom is 0.0681 e. The van der Waals surface area contributed by atoms with Gasteiger partial charge < -0.3 is 10.0 Å². The van der Waals surface area contributed by atoms with Crippen molar-refractivity contribution in [3.8, 4) is 0 Å². The number of aliphatic hydroxyl groups excluding tert-OH is 1. The van der Waals surface area contributed by atoms with E-state index in [9.17, 15) is 0 Å². The van der Waals surface area contributed by atoms with E-state index in [1.165, 1.54) is 37.2 Å². The molecule has 2 heterocycles. The highest BCUT2D eigenvalue weighted by Crippen LogP contribution is 2.18. The van der Waals surface area contributed by atoms with Crippen LogP contribution in [0.2, 0.25) is 0 Å². The van der Waals surface area contributed by atoms with Gasteiger partial charge in [-0.1, -0.05) is 30.3 Å². The molecule has 0 atom stereocenters. The lowest BCUT2D eigenvalue weighted by Crippen LogP contribution is -2.43. The molecule has 0 amide bonds. The van der Waals surface area contributed by atoms with E-state index in [-0.39, 0.29) is 6.61 Å². The number of benzene rings is 1. The Bertz CT molecular complexity index is 621. The second kappa shape index (κ2) is 9.09. The van der Waals surface area contributed by atoms with E-state index in [1.54, 1.807) is 0 Å². The van der Waals surface area contributed by atoms with E-state index in [0.29, 0.717) is 6.04 Å². The number of hydrogen-bond donors (Lipinski definition) is 1. The van der Waals surface area contributed by atoms with Gasteiger partial charge in [0.05, 0.1) is 6.61 Å². The van der Waals surface area contributed by atoms with Crippen molar-refractivity contribution in [2.24, 2.45) is 0 Å². The van der Waals surface area contributed by atoms with E-state index in [1.807, 2.05) is 24.4 Å². The number of pyridine rings is 1. The Balaban J connectivity index is 1.41. The van der Waals surface area contributed by atoms with Crippen molar-refractivity contribution in [2.75, 3.05) is 26.7 Å². The van der Waals surface area contributed by atoms with E-state index in [4.69, 9.17) is 5.11 Å². The topological polar surface area (TPSA) is 39.6 Å². The van der Waals surface area contributed by atoms with Crippen molar-refractivity contribution >= 4 is 0 Å². The second-order valence-electron chi connectivity index (χ2n) is 7.03. The molecule has 1 aliphatic heterocycles. The van der Waals surface area contributed by atoms with Gasteiger partial charge in [-0.15, -0.1) is 0 Å². The molecule has 0 saturated carbocycles. The third-order valence-electron chi connectivity index (χ3n) is 5.23. The molecule has 1 N–H and O–H groups in total. The van der Waals surface area contributed by atoms with Gasteiger partial charge in [0, 0.05) is 37.4 Å². The van der Waals surface area contributed by atoms with Crippen molar-refractivity contribution in [3.63, 3.8) is 0 Å². The van der Waals surface area contributed by atoms with Gasteiger partial charge in [-0.05, 0) is 56.2 Å². The molecule has 0 aliphatic carbocycles. The lowest BCUT2D eigenvalue weighted by atomic mass is 10.0. The van der Waals surface area contributed by atoms with Gasteiger partial charge in [-0.2, -0.15) is 0 Å². The Morgan fingerprint density at radius 3 is 2.44 bits per heavy atom. The summed E-state index contributed by atoms with van der Waals surface area (Å²) in [6.07, 6.45) is 5.38. The van der Waals surface area contributed by atoms with Crippen molar-refractivity contribution in [1.29, 1.82) is 0 Å². The molecule has 3 rings (SSSR count). The molecule has 1 aromatic heterocycles. The Morgan fingerprint density at radius 2 is 1.80 bits per heavy atom. The highest BCUT2D eigenvalue weighted by atomic mass is 16.3. The second-order valence-corrected chi connectivity index (χ2v) is 7.03. The predicted octanol–water partition coefficient (Wildman–Crippen LogP) is 2.71. The average Bonchev–Trinajstić information content (AvgIpc) is 2.68. The van der Waals surface area contributed by atoms with Crippen LogP contribution >= 0.6 is 0 Å². The molecule has 2 aromatic rings. The predicted molar refractivity (Wildman–Crippen MR) is 101 cm³/mol. The van der Waals surface area contributed by atoms with Crippen LogP contribution < -0.4 is 0 Å². The first-order chi connectivity index (χ1) is 12.2. The lowest BCUT2D eigenvalue weighted by Gasteiger charge is -2.36. The van der Waals surface area contributed by atoms with Crippen LogP contribution in [0.15, 0.2) is 48.7 Å². The van der Waals surface area contributed by atoms with Crippen LogP contribution in [-0.2, 0) is 19.6 Å². The zero-order valence-corrected chi connectivity index (χ0v) is 15.1. The molecule has 0 bridgehead atoms. The van der Waals surface area contributed by atoms with Gasteiger partial charge in [-0.3, -0.25) is 9.88 Å². The van der Waals surface area contributed by atoms with Gasteiger partial charge in [0.15, 0.2) is 0 Å². The maximum absolute atomic E-state index is 9.14. The van der Waals surface area contributed by atoms with Gasteiger partial charge >= 0.3 is 0 Å². The molecule has 0 spiro atoms. The lowest BCUT2D eigenvalue weighted by molar-refractivity contribution is 0.124. The minimum absolute atomic E-state index is 0.118. The Kier molecular flexibility index (Phi) is 6.56. The number of hydrogen-bond acceptors (Lipinski definition) is 4. The van der Waals surface area contributed by atoms with Crippen LogP contribution in [0.5, 0.6) is 0 Å². The Labute approximate surface area is 151 Å². The first kappa shape index (κ1) is 18.1. The minimum atomic E-state index is 0.118. The summed E-state index contributed by atoms with van der Waals surface area (Å²) in [5.74, 6) is 0. The molecule has 1 aromatic carbocycles. The number of rotatable bonds is 7. The van der Waals surface area contributed by atoms with Crippen molar-refractivity contribution in [3.05, 3.63) is 65.5 Å². The summed E-state index contributed by atoms with van der Waals surface area (Å²) < 4.78 is 0. The molecule has 1 aliphatic rings. The summed E-state index contributed by atoms with van der Waals surface area (Å²) >= 11 is 0. The first-order valence-corrected chi connectivity index (χ1v) is 9.26. The van der Waals surface area contributed by atoms with Crippen molar-refractivity contribution in [1.82, 2.24) is 14.8 Å². The molecular weight excluding hydrogens is 310 g/mol. The molecule has 134 valence electrons. The normalized spacial score (nSPS) is 16.4. The highest BCUT2D eigenvalue weighted by Gasteiger charge is 2.22.